The molecule has 4 nitrogen and oxygen atoms in total. The summed E-state index contributed by atoms with van der Waals surface area (Å²) in [6.45, 7) is 6.31. The molecule has 0 aliphatic carbocycles. The lowest BCUT2D eigenvalue weighted by molar-refractivity contribution is -0.123. The van der Waals surface area contributed by atoms with E-state index in [0.29, 0.717) is 12.1 Å². The van der Waals surface area contributed by atoms with Gasteiger partial charge in [0.2, 0.25) is 5.91 Å². The van der Waals surface area contributed by atoms with Gasteiger partial charge in [0.25, 0.3) is 0 Å². The first-order valence-electron chi connectivity index (χ1n) is 5.54. The minimum atomic E-state index is -0.231. The van der Waals surface area contributed by atoms with Crippen LogP contribution in [0.5, 0.6) is 0 Å². The van der Waals surface area contributed by atoms with Gasteiger partial charge >= 0.3 is 0 Å². The van der Waals surface area contributed by atoms with Gasteiger partial charge in [-0.05, 0) is 26.8 Å². The highest BCUT2D eigenvalue weighted by Crippen LogP contribution is 2.13. The average molecular weight is 251 g/mol. The van der Waals surface area contributed by atoms with Crippen molar-refractivity contribution in [1.82, 2.24) is 10.6 Å². The van der Waals surface area contributed by atoms with E-state index in [0.717, 1.165) is 4.88 Å². The van der Waals surface area contributed by atoms with Crippen LogP contribution in [-0.4, -0.2) is 18.0 Å². The summed E-state index contributed by atoms with van der Waals surface area (Å²) in [5.41, 5.74) is 0.672. The van der Waals surface area contributed by atoms with E-state index < -0.39 is 0 Å². The molecule has 1 heterocycles. The van der Waals surface area contributed by atoms with Crippen molar-refractivity contribution in [2.24, 2.45) is 0 Å². The summed E-state index contributed by atoms with van der Waals surface area (Å²) in [6, 6.07) is 3.85. The molecule has 0 saturated heterocycles. The van der Waals surface area contributed by atoms with Gasteiger partial charge in [0.05, 0.1) is 11.6 Å². The Morgan fingerprint density at radius 1 is 1.53 bits per heavy atom. The topological polar surface area (TPSA) is 64.9 Å². The predicted octanol–water partition coefficient (Wildman–Crippen LogP) is 1.62. The SMILES string of the molecule is CC(C)NC(=O)C(C)NCc1cc(C#N)cs1. The predicted molar refractivity (Wildman–Crippen MR) is 68.6 cm³/mol. The molecule has 0 spiro atoms. The molecule has 1 rings (SSSR count). The summed E-state index contributed by atoms with van der Waals surface area (Å²) in [5, 5.41) is 16.5. The third-order valence-electron chi connectivity index (χ3n) is 2.19. The molecule has 0 aliphatic heterocycles. The summed E-state index contributed by atoms with van der Waals surface area (Å²) in [5.74, 6) is -0.00272. The number of nitrogens with one attached hydrogen (secondary N) is 2. The Hall–Kier alpha value is -1.38. The fourth-order valence-corrected chi connectivity index (χ4v) is 2.05. The zero-order chi connectivity index (χ0) is 12.8. The zero-order valence-electron chi connectivity index (χ0n) is 10.3. The molecule has 1 aromatic heterocycles. The molecule has 5 heteroatoms. The highest BCUT2D eigenvalue weighted by Gasteiger charge is 2.12. The zero-order valence-corrected chi connectivity index (χ0v) is 11.1. The Kier molecular flexibility index (Phi) is 5.13. The lowest BCUT2D eigenvalue weighted by atomic mass is 10.2. The van der Waals surface area contributed by atoms with Gasteiger partial charge < -0.3 is 10.6 Å². The van der Waals surface area contributed by atoms with Crippen LogP contribution in [0.1, 0.15) is 31.2 Å². The van der Waals surface area contributed by atoms with Crippen molar-refractivity contribution in [3.05, 3.63) is 21.9 Å². The second kappa shape index (κ2) is 6.38. The van der Waals surface area contributed by atoms with Crippen molar-refractivity contribution in [3.63, 3.8) is 0 Å². The Labute approximate surface area is 106 Å². The molecular formula is C12H17N3OS. The number of nitrogens with zero attached hydrogens (tertiary/aromatic N) is 1. The Bertz CT molecular complexity index is 420. The minimum Gasteiger partial charge on any atom is -0.353 e. The lowest BCUT2D eigenvalue weighted by Gasteiger charge is -2.15. The maximum Gasteiger partial charge on any atom is 0.237 e. The highest BCUT2D eigenvalue weighted by molar-refractivity contribution is 7.10. The van der Waals surface area contributed by atoms with Crippen LogP contribution in [0.2, 0.25) is 0 Å². The first-order chi connectivity index (χ1) is 8.02. The molecule has 0 radical (unpaired) electrons. The van der Waals surface area contributed by atoms with E-state index in [2.05, 4.69) is 16.7 Å². The van der Waals surface area contributed by atoms with Gasteiger partial charge in [0.1, 0.15) is 6.07 Å². The van der Waals surface area contributed by atoms with E-state index >= 15 is 0 Å². The number of rotatable bonds is 5. The van der Waals surface area contributed by atoms with Crippen LogP contribution in [0.4, 0.5) is 0 Å². The smallest absolute Gasteiger partial charge is 0.237 e. The third kappa shape index (κ3) is 4.55. The number of carbonyl (C=O) groups excluding carboxylic acids is 1. The largest absolute Gasteiger partial charge is 0.353 e. The van der Waals surface area contributed by atoms with E-state index in [1.165, 1.54) is 11.3 Å². The Balaban J connectivity index is 2.40. The summed E-state index contributed by atoms with van der Waals surface area (Å²) < 4.78 is 0. The fraction of sp³-hybridized carbons (Fsp3) is 0.500. The van der Waals surface area contributed by atoms with Crippen LogP contribution in [0, 0.1) is 11.3 Å². The fourth-order valence-electron chi connectivity index (χ4n) is 1.29. The molecule has 1 unspecified atom stereocenters. The minimum absolute atomic E-state index is 0.00272. The molecule has 2 N–H and O–H groups in total. The van der Waals surface area contributed by atoms with Gasteiger partial charge in [0.15, 0.2) is 0 Å². The van der Waals surface area contributed by atoms with Gasteiger partial charge in [-0.3, -0.25) is 4.79 Å². The average Bonchev–Trinajstić information content (AvgIpc) is 2.72. The van der Waals surface area contributed by atoms with Crippen LogP contribution in [0.15, 0.2) is 11.4 Å². The van der Waals surface area contributed by atoms with Crippen LogP contribution < -0.4 is 10.6 Å². The number of carbonyl (C=O) groups is 1. The van der Waals surface area contributed by atoms with Crippen LogP contribution in [0.3, 0.4) is 0 Å². The third-order valence-corrected chi connectivity index (χ3v) is 3.13. The maximum atomic E-state index is 11.6. The molecule has 0 saturated carbocycles. The number of amides is 1. The van der Waals surface area contributed by atoms with E-state index in [9.17, 15) is 4.79 Å². The van der Waals surface area contributed by atoms with Gasteiger partial charge in [-0.25, -0.2) is 0 Å². The van der Waals surface area contributed by atoms with Crippen molar-refractivity contribution in [1.29, 1.82) is 5.26 Å². The molecule has 1 amide bonds. The molecule has 92 valence electrons. The Morgan fingerprint density at radius 3 is 2.76 bits per heavy atom. The quantitative estimate of drug-likeness (QED) is 0.836. The van der Waals surface area contributed by atoms with Crippen LogP contribution >= 0.6 is 11.3 Å². The summed E-state index contributed by atoms with van der Waals surface area (Å²) in [6.07, 6.45) is 0. The van der Waals surface area contributed by atoms with Crippen molar-refractivity contribution < 1.29 is 4.79 Å². The van der Waals surface area contributed by atoms with E-state index in [-0.39, 0.29) is 18.0 Å². The number of hydrogen-bond donors (Lipinski definition) is 2. The summed E-state index contributed by atoms with van der Waals surface area (Å²) in [7, 11) is 0. The highest BCUT2D eigenvalue weighted by atomic mass is 32.1. The van der Waals surface area contributed by atoms with E-state index in [1.54, 1.807) is 0 Å². The van der Waals surface area contributed by atoms with Crippen molar-refractivity contribution in [3.8, 4) is 6.07 Å². The van der Waals surface area contributed by atoms with Gasteiger partial charge in [-0.15, -0.1) is 11.3 Å². The molecule has 0 bridgehead atoms. The number of hydrogen-bond acceptors (Lipinski definition) is 4. The molecular weight excluding hydrogens is 234 g/mol. The van der Waals surface area contributed by atoms with Gasteiger partial charge in [-0.1, -0.05) is 0 Å². The van der Waals surface area contributed by atoms with Gasteiger partial charge in [0, 0.05) is 22.8 Å². The molecule has 1 atom stereocenters. The van der Waals surface area contributed by atoms with E-state index in [4.69, 9.17) is 5.26 Å². The van der Waals surface area contributed by atoms with Crippen molar-refractivity contribution in [2.75, 3.05) is 0 Å². The van der Waals surface area contributed by atoms with Crippen molar-refractivity contribution >= 4 is 17.2 Å². The molecule has 17 heavy (non-hydrogen) atoms. The second-order valence-electron chi connectivity index (χ2n) is 4.18. The summed E-state index contributed by atoms with van der Waals surface area (Å²) in [4.78, 5) is 12.7. The standard InChI is InChI=1S/C12H17N3OS/c1-8(2)15-12(16)9(3)14-6-11-4-10(5-13)7-17-11/h4,7-9,14H,6H2,1-3H3,(H,15,16). The van der Waals surface area contributed by atoms with Gasteiger partial charge in [-0.2, -0.15) is 5.26 Å². The van der Waals surface area contributed by atoms with Crippen molar-refractivity contribution in [2.45, 2.75) is 39.4 Å². The number of nitriles is 1. The van der Waals surface area contributed by atoms with Crippen LogP contribution in [0.25, 0.3) is 0 Å². The van der Waals surface area contributed by atoms with Crippen LogP contribution in [-0.2, 0) is 11.3 Å². The Morgan fingerprint density at radius 2 is 2.24 bits per heavy atom. The molecule has 1 aromatic rings. The molecule has 0 fully saturated rings. The molecule has 0 aromatic carbocycles. The normalized spacial score (nSPS) is 12.2. The first kappa shape index (κ1) is 13.7. The number of thiophene rings is 1. The molecule has 0 aliphatic rings. The lowest BCUT2D eigenvalue weighted by Crippen LogP contribution is -2.44. The maximum absolute atomic E-state index is 11.6. The first-order valence-corrected chi connectivity index (χ1v) is 6.42. The monoisotopic (exact) mass is 251 g/mol. The second-order valence-corrected chi connectivity index (χ2v) is 5.18. The van der Waals surface area contributed by atoms with E-state index in [1.807, 2.05) is 32.2 Å². The summed E-state index contributed by atoms with van der Waals surface area (Å²) >= 11 is 1.53.